The molecule has 1 saturated heterocycles. The molecule has 4 unspecified atom stereocenters. The summed E-state index contributed by atoms with van der Waals surface area (Å²) in [7, 11) is 0. The van der Waals surface area contributed by atoms with Crippen LogP contribution in [-0.2, 0) is 36.8 Å². The van der Waals surface area contributed by atoms with Gasteiger partial charge in [0.25, 0.3) is 0 Å². The number of nitrogens with two attached hydrogens (primary N) is 2. The van der Waals surface area contributed by atoms with E-state index in [0.29, 0.717) is 12.8 Å². The van der Waals surface area contributed by atoms with Gasteiger partial charge in [-0.2, -0.15) is 0 Å². The van der Waals surface area contributed by atoms with Crippen molar-refractivity contribution < 1.29 is 29.1 Å². The maximum absolute atomic E-state index is 13.7. The highest BCUT2D eigenvalue weighted by Crippen LogP contribution is 2.20. The topological polar surface area (TPSA) is 185 Å². The predicted molar refractivity (Wildman–Crippen MR) is 143 cm³/mol. The molecule has 11 nitrogen and oxygen atoms in total. The number of amides is 4. The molecule has 0 bridgehead atoms. The van der Waals surface area contributed by atoms with Crippen molar-refractivity contribution in [2.75, 3.05) is 6.54 Å². The number of aliphatic carboxylic acids is 1. The summed E-state index contributed by atoms with van der Waals surface area (Å²) in [5, 5.41) is 14.7. The van der Waals surface area contributed by atoms with E-state index < -0.39 is 53.8 Å². The van der Waals surface area contributed by atoms with Crippen LogP contribution in [0.4, 0.5) is 0 Å². The van der Waals surface area contributed by atoms with Crippen LogP contribution >= 0.6 is 0 Å². The van der Waals surface area contributed by atoms with Crippen molar-refractivity contribution in [2.24, 2.45) is 11.5 Å². The van der Waals surface area contributed by atoms with Gasteiger partial charge < -0.3 is 32.1 Å². The summed E-state index contributed by atoms with van der Waals surface area (Å²) in [6.07, 6.45) is 0.962. The number of rotatable bonds is 13. The number of carboxylic acids is 1. The van der Waals surface area contributed by atoms with E-state index in [1.54, 1.807) is 0 Å². The number of nitrogens with one attached hydrogen (secondary N) is 2. The standard InChI is InChI=1S/C28H35N5O6/c29-20(16-18-8-3-1-4-9-18)25(35)32-22(17-19-10-5-2-6-11-19)27(37)33-15-7-12-23(33)26(36)31-21(28(38)39)13-14-24(30)34/h1-6,8-11,20-23H,7,12-17,29H2,(H2,30,34)(H,31,36)(H,32,35)(H,38,39). The summed E-state index contributed by atoms with van der Waals surface area (Å²) in [5.74, 6) is -3.57. The van der Waals surface area contributed by atoms with Crippen molar-refractivity contribution in [3.05, 3.63) is 71.8 Å². The highest BCUT2D eigenvalue weighted by atomic mass is 16.4. The molecule has 4 amide bonds. The fourth-order valence-electron chi connectivity index (χ4n) is 4.60. The zero-order valence-electron chi connectivity index (χ0n) is 21.6. The second kappa shape index (κ2) is 14.1. The monoisotopic (exact) mass is 537 g/mol. The molecule has 208 valence electrons. The molecule has 2 aromatic carbocycles. The maximum atomic E-state index is 13.7. The summed E-state index contributed by atoms with van der Waals surface area (Å²) in [6, 6.07) is 14.3. The fourth-order valence-corrected chi connectivity index (χ4v) is 4.60. The van der Waals surface area contributed by atoms with Crippen LogP contribution in [0.3, 0.4) is 0 Å². The zero-order chi connectivity index (χ0) is 28.4. The summed E-state index contributed by atoms with van der Waals surface area (Å²) < 4.78 is 0. The third-order valence-corrected chi connectivity index (χ3v) is 6.66. The predicted octanol–water partition coefficient (Wildman–Crippen LogP) is 0.110. The molecule has 0 aromatic heterocycles. The Balaban J connectivity index is 1.74. The van der Waals surface area contributed by atoms with E-state index >= 15 is 0 Å². The number of hydrogen-bond acceptors (Lipinski definition) is 6. The molecule has 7 N–H and O–H groups in total. The van der Waals surface area contributed by atoms with Gasteiger partial charge in [-0.25, -0.2) is 4.79 Å². The number of carboxylic acid groups (broad SMARTS) is 1. The van der Waals surface area contributed by atoms with Gasteiger partial charge in [-0.1, -0.05) is 60.7 Å². The van der Waals surface area contributed by atoms with Crippen molar-refractivity contribution in [3.63, 3.8) is 0 Å². The van der Waals surface area contributed by atoms with Crippen LogP contribution in [0.2, 0.25) is 0 Å². The Morgan fingerprint density at radius 2 is 1.49 bits per heavy atom. The molecule has 0 aliphatic carbocycles. The van der Waals surface area contributed by atoms with Gasteiger partial charge in [0.1, 0.15) is 18.1 Å². The second-order valence-corrected chi connectivity index (χ2v) is 9.64. The number of nitrogens with zero attached hydrogens (tertiary/aromatic N) is 1. The van der Waals surface area contributed by atoms with Crippen LogP contribution in [0.15, 0.2) is 60.7 Å². The molecule has 1 fully saturated rings. The Kier molecular flexibility index (Phi) is 10.6. The Morgan fingerprint density at radius 1 is 0.897 bits per heavy atom. The number of primary amides is 1. The van der Waals surface area contributed by atoms with Gasteiger partial charge >= 0.3 is 5.97 Å². The van der Waals surface area contributed by atoms with Crippen molar-refractivity contribution in [2.45, 2.75) is 62.7 Å². The van der Waals surface area contributed by atoms with Crippen molar-refractivity contribution in [1.29, 1.82) is 0 Å². The molecule has 11 heteroatoms. The number of carbonyl (C=O) groups excluding carboxylic acids is 4. The second-order valence-electron chi connectivity index (χ2n) is 9.64. The SMILES string of the molecule is NC(=O)CCC(NC(=O)C1CCCN1C(=O)C(Cc1ccccc1)NC(=O)C(N)Cc1ccccc1)C(=O)O. The van der Waals surface area contributed by atoms with Gasteiger partial charge in [0.15, 0.2) is 0 Å². The first-order valence-electron chi connectivity index (χ1n) is 12.9. The van der Waals surface area contributed by atoms with Crippen molar-refractivity contribution in [3.8, 4) is 0 Å². The molecule has 0 saturated carbocycles. The van der Waals surface area contributed by atoms with Crippen molar-refractivity contribution in [1.82, 2.24) is 15.5 Å². The first kappa shape index (κ1) is 29.3. The molecule has 39 heavy (non-hydrogen) atoms. The molecule has 2 aromatic rings. The number of carbonyl (C=O) groups is 5. The highest BCUT2D eigenvalue weighted by Gasteiger charge is 2.39. The summed E-state index contributed by atoms with van der Waals surface area (Å²) in [6.45, 7) is 0.271. The minimum Gasteiger partial charge on any atom is -0.480 e. The van der Waals surface area contributed by atoms with Gasteiger partial charge in [0, 0.05) is 19.4 Å². The van der Waals surface area contributed by atoms with Gasteiger partial charge in [-0.05, 0) is 36.8 Å². The normalized spacial score (nSPS) is 17.1. The van der Waals surface area contributed by atoms with Gasteiger partial charge in [0.05, 0.1) is 6.04 Å². The summed E-state index contributed by atoms with van der Waals surface area (Å²) >= 11 is 0. The van der Waals surface area contributed by atoms with E-state index in [-0.39, 0.29) is 32.2 Å². The molecule has 0 radical (unpaired) electrons. The smallest absolute Gasteiger partial charge is 0.326 e. The van der Waals surface area contributed by atoms with E-state index in [1.165, 1.54) is 4.90 Å². The van der Waals surface area contributed by atoms with Gasteiger partial charge in [-0.3, -0.25) is 19.2 Å². The van der Waals surface area contributed by atoms with Gasteiger partial charge in [-0.15, -0.1) is 0 Å². The van der Waals surface area contributed by atoms with E-state index in [9.17, 15) is 29.1 Å². The van der Waals surface area contributed by atoms with Crippen LogP contribution in [-0.4, -0.2) is 70.3 Å². The van der Waals surface area contributed by atoms with Crippen LogP contribution in [0, 0.1) is 0 Å². The molecule has 4 atom stereocenters. The third-order valence-electron chi connectivity index (χ3n) is 6.66. The third kappa shape index (κ3) is 8.64. The number of likely N-dealkylation sites (tertiary alicyclic amines) is 1. The highest BCUT2D eigenvalue weighted by molar-refractivity contribution is 5.94. The van der Waals surface area contributed by atoms with Crippen LogP contribution < -0.4 is 22.1 Å². The average molecular weight is 538 g/mol. The minimum atomic E-state index is -1.32. The molecule has 1 aliphatic heterocycles. The molecule has 0 spiro atoms. The lowest BCUT2D eigenvalue weighted by Gasteiger charge is -2.30. The lowest BCUT2D eigenvalue weighted by atomic mass is 10.0. The lowest BCUT2D eigenvalue weighted by molar-refractivity contribution is -0.145. The fraction of sp³-hybridized carbons (Fsp3) is 0.393. The Hall–Kier alpha value is -4.25. The first-order valence-corrected chi connectivity index (χ1v) is 12.9. The average Bonchev–Trinajstić information content (AvgIpc) is 3.41. The molecular formula is C28H35N5O6. The Bertz CT molecular complexity index is 1160. The minimum absolute atomic E-state index is 0.164. The van der Waals surface area contributed by atoms with E-state index in [1.807, 2.05) is 60.7 Å². The molecule has 1 aliphatic rings. The Labute approximate surface area is 226 Å². The van der Waals surface area contributed by atoms with Crippen LogP contribution in [0.5, 0.6) is 0 Å². The maximum Gasteiger partial charge on any atom is 0.326 e. The van der Waals surface area contributed by atoms with E-state index in [4.69, 9.17) is 11.5 Å². The van der Waals surface area contributed by atoms with Gasteiger partial charge in [0.2, 0.25) is 23.6 Å². The Morgan fingerprint density at radius 3 is 2.05 bits per heavy atom. The quantitative estimate of drug-likeness (QED) is 0.240. The summed E-state index contributed by atoms with van der Waals surface area (Å²) in [5.41, 5.74) is 13.0. The largest absolute Gasteiger partial charge is 0.480 e. The molecule has 3 rings (SSSR count). The van der Waals surface area contributed by atoms with Crippen LogP contribution in [0.25, 0.3) is 0 Å². The summed E-state index contributed by atoms with van der Waals surface area (Å²) in [4.78, 5) is 63.9. The lowest BCUT2D eigenvalue weighted by Crippen LogP contribution is -2.57. The van der Waals surface area contributed by atoms with E-state index in [0.717, 1.165) is 11.1 Å². The number of benzene rings is 2. The molecule has 1 heterocycles. The molecular weight excluding hydrogens is 502 g/mol. The van der Waals surface area contributed by atoms with E-state index in [2.05, 4.69) is 10.6 Å². The first-order chi connectivity index (χ1) is 18.7. The zero-order valence-corrected chi connectivity index (χ0v) is 21.6. The number of hydrogen-bond donors (Lipinski definition) is 5. The van der Waals surface area contributed by atoms with Crippen LogP contribution in [0.1, 0.15) is 36.8 Å². The van der Waals surface area contributed by atoms with Crippen molar-refractivity contribution >= 4 is 29.6 Å².